The highest BCUT2D eigenvalue weighted by Gasteiger charge is 2.21. The third-order valence-corrected chi connectivity index (χ3v) is 7.60. The maximum Gasteiger partial charge on any atom is 0.135 e. The molecule has 5 heteroatoms. The quantitative estimate of drug-likeness (QED) is 0.153. The summed E-state index contributed by atoms with van der Waals surface area (Å²) < 4.78 is 1.51. The first-order chi connectivity index (χ1) is 15.0. The van der Waals surface area contributed by atoms with Gasteiger partial charge in [-0.3, -0.25) is 13.8 Å². The zero-order valence-electron chi connectivity index (χ0n) is 19.7. The Kier molecular flexibility index (Phi) is 9.65. The van der Waals surface area contributed by atoms with Crippen LogP contribution in [0.25, 0.3) is 0 Å². The number of likely N-dealkylation sites (N-methyl/N-ethyl adjacent to an activating group) is 2. The molecule has 0 spiro atoms. The molecule has 0 aliphatic rings. The smallest absolute Gasteiger partial charge is 0.135 e. The van der Waals surface area contributed by atoms with E-state index in [1.165, 1.54) is 11.4 Å². The molecule has 0 aromatic heterocycles. The fraction of sp³-hybridized carbons (Fsp3) is 0.370. The maximum atomic E-state index is 12.7. The van der Waals surface area contributed by atoms with E-state index in [9.17, 15) is 4.79 Å². The van der Waals surface area contributed by atoms with Crippen LogP contribution in [0.2, 0.25) is 0 Å². The summed E-state index contributed by atoms with van der Waals surface area (Å²) >= 11 is 7.43. The number of carbonyl (C=O) groups is 1. The summed E-state index contributed by atoms with van der Waals surface area (Å²) in [5.74, 6) is 0.229. The van der Waals surface area contributed by atoms with Gasteiger partial charge in [0.2, 0.25) is 0 Å². The Morgan fingerprint density at radius 1 is 0.750 bits per heavy atom. The van der Waals surface area contributed by atoms with Crippen molar-refractivity contribution in [3.63, 3.8) is 0 Å². The van der Waals surface area contributed by atoms with Crippen molar-refractivity contribution in [2.24, 2.45) is 0 Å². The number of alkyl halides is 2. The zero-order valence-corrected chi connectivity index (χ0v) is 22.9. The predicted molar refractivity (Wildman–Crippen MR) is 148 cm³/mol. The van der Waals surface area contributed by atoms with Crippen LogP contribution in [0, 0.1) is 0 Å². The molecule has 172 valence electrons. The topological polar surface area (TPSA) is 17.1 Å². The van der Waals surface area contributed by atoms with Crippen molar-refractivity contribution in [1.29, 1.82) is 0 Å². The molecule has 2 rings (SSSR count). The average molecular weight is 564 g/mol. The van der Waals surface area contributed by atoms with Gasteiger partial charge in [-0.2, -0.15) is 0 Å². The maximum absolute atomic E-state index is 12.7. The number of carbonyl (C=O) groups excluding carboxylic acids is 1. The van der Waals surface area contributed by atoms with Gasteiger partial charge in [0.1, 0.15) is 30.2 Å². The Morgan fingerprint density at radius 2 is 1.06 bits per heavy atom. The van der Waals surface area contributed by atoms with Crippen molar-refractivity contribution in [3.05, 3.63) is 85.0 Å². The Bertz CT molecular complexity index is 842. The Labute approximate surface area is 210 Å². The van der Waals surface area contributed by atoms with E-state index in [2.05, 4.69) is 122 Å². The van der Waals surface area contributed by atoms with Crippen molar-refractivity contribution in [2.75, 3.05) is 41.3 Å². The van der Waals surface area contributed by atoms with Crippen LogP contribution in [0.15, 0.2) is 73.8 Å². The van der Waals surface area contributed by atoms with Crippen molar-refractivity contribution in [3.8, 4) is 0 Å². The van der Waals surface area contributed by atoms with Gasteiger partial charge in [0.15, 0.2) is 0 Å². The second-order valence-electron chi connectivity index (χ2n) is 9.38. The number of benzene rings is 2. The molecule has 0 bridgehead atoms. The van der Waals surface area contributed by atoms with E-state index in [-0.39, 0.29) is 15.4 Å². The molecular formula is C27H36Br2N2O+2. The average Bonchev–Trinajstić information content (AvgIpc) is 2.73. The second kappa shape index (κ2) is 11.6. The second-order valence-corrected chi connectivity index (χ2v) is 11.6. The third-order valence-electron chi connectivity index (χ3n) is 5.89. The van der Waals surface area contributed by atoms with Gasteiger partial charge in [-0.25, -0.2) is 0 Å². The number of ketones is 1. The number of halogens is 2. The van der Waals surface area contributed by atoms with Crippen LogP contribution in [-0.4, -0.2) is 47.1 Å². The van der Waals surface area contributed by atoms with Gasteiger partial charge in [-0.05, 0) is 47.5 Å². The molecule has 0 aliphatic carbocycles. The summed E-state index contributed by atoms with van der Waals surface area (Å²) in [4.78, 5) is 12.8. The van der Waals surface area contributed by atoms with E-state index in [1.807, 2.05) is 12.2 Å². The first-order valence-corrected chi connectivity index (χ1v) is 12.7. The van der Waals surface area contributed by atoms with Gasteiger partial charge < -0.3 is 0 Å². The molecule has 2 aromatic carbocycles. The fourth-order valence-corrected chi connectivity index (χ4v) is 5.08. The standard InChI is InChI=1S/C27H36Br2N2O/c1-7-17-30(3,4)23-13-9-21(10-14-23)26(28)19-25(32)20-27(29)22-11-15-24(16-12-22)31(5,6)18-8-2/h7-16,26-27H,1-2,17-20H2,3-6H3/q+2. The normalized spacial score (nSPS) is 13.9. The minimum atomic E-state index is 0.0122. The highest BCUT2D eigenvalue weighted by molar-refractivity contribution is 9.09. The van der Waals surface area contributed by atoms with Crippen LogP contribution in [0.4, 0.5) is 11.4 Å². The zero-order chi connectivity index (χ0) is 23.9. The molecule has 0 saturated heterocycles. The minimum Gasteiger partial charge on any atom is -0.300 e. The van der Waals surface area contributed by atoms with Gasteiger partial charge in [0.25, 0.3) is 0 Å². The first-order valence-electron chi connectivity index (χ1n) is 10.9. The Balaban J connectivity index is 1.96. The lowest BCUT2D eigenvalue weighted by Gasteiger charge is -2.28. The molecule has 2 unspecified atom stereocenters. The summed E-state index contributed by atoms with van der Waals surface area (Å²) in [6, 6.07) is 17.0. The lowest BCUT2D eigenvalue weighted by atomic mass is 10.0. The van der Waals surface area contributed by atoms with Crippen LogP contribution in [0.3, 0.4) is 0 Å². The summed E-state index contributed by atoms with van der Waals surface area (Å²) in [5, 5.41) is 0. The van der Waals surface area contributed by atoms with Crippen molar-refractivity contribution < 1.29 is 4.79 Å². The highest BCUT2D eigenvalue weighted by Crippen LogP contribution is 2.34. The van der Waals surface area contributed by atoms with E-state index < -0.39 is 0 Å². The molecule has 2 atom stereocenters. The van der Waals surface area contributed by atoms with Crippen LogP contribution in [0.1, 0.15) is 33.6 Å². The number of Topliss-reactive ketones (excluding diaryl/α,β-unsaturated/α-hetero) is 1. The number of rotatable bonds is 12. The number of hydrogen-bond acceptors (Lipinski definition) is 1. The summed E-state index contributed by atoms with van der Waals surface area (Å²) in [6.45, 7) is 9.44. The lowest BCUT2D eigenvalue weighted by molar-refractivity contribution is -0.119. The molecule has 0 saturated carbocycles. The monoisotopic (exact) mass is 562 g/mol. The number of nitrogens with zero attached hydrogens (tertiary/aromatic N) is 2. The molecule has 0 amide bonds. The predicted octanol–water partition coefficient (Wildman–Crippen LogP) is 7.11. The van der Waals surface area contributed by atoms with Crippen molar-refractivity contribution in [2.45, 2.75) is 22.5 Å². The SMILES string of the molecule is C=CC[N+](C)(C)c1ccc(C(Br)CC(=O)CC(Br)c2ccc([N+](C)(C)CC=C)cc2)cc1. The molecule has 0 fully saturated rings. The van der Waals surface area contributed by atoms with E-state index in [0.29, 0.717) is 12.8 Å². The highest BCUT2D eigenvalue weighted by atomic mass is 79.9. The van der Waals surface area contributed by atoms with Crippen molar-refractivity contribution in [1.82, 2.24) is 8.97 Å². The minimum absolute atomic E-state index is 0.0122. The third kappa shape index (κ3) is 7.24. The van der Waals surface area contributed by atoms with Crippen LogP contribution >= 0.6 is 31.9 Å². The van der Waals surface area contributed by atoms with Gasteiger partial charge in [0.05, 0.1) is 28.2 Å². The van der Waals surface area contributed by atoms with E-state index in [0.717, 1.165) is 33.2 Å². The lowest BCUT2D eigenvalue weighted by Crippen LogP contribution is -2.40. The fourth-order valence-electron chi connectivity index (χ4n) is 3.75. The van der Waals surface area contributed by atoms with E-state index >= 15 is 0 Å². The molecular weight excluding hydrogens is 528 g/mol. The molecule has 0 aliphatic heterocycles. The molecule has 0 N–H and O–H groups in total. The molecule has 0 radical (unpaired) electrons. The van der Waals surface area contributed by atoms with Gasteiger partial charge in [-0.15, -0.1) is 0 Å². The van der Waals surface area contributed by atoms with E-state index in [4.69, 9.17) is 0 Å². The van der Waals surface area contributed by atoms with Gasteiger partial charge in [0, 0.05) is 22.5 Å². The van der Waals surface area contributed by atoms with Gasteiger partial charge in [-0.1, -0.05) is 69.3 Å². The number of quaternary nitrogens is 2. The van der Waals surface area contributed by atoms with E-state index in [1.54, 1.807) is 0 Å². The van der Waals surface area contributed by atoms with Crippen LogP contribution < -0.4 is 8.97 Å². The van der Waals surface area contributed by atoms with Crippen LogP contribution in [0.5, 0.6) is 0 Å². The first kappa shape index (κ1) is 26.7. The summed E-state index contributed by atoms with van der Waals surface area (Å²) in [7, 11) is 8.64. The largest absolute Gasteiger partial charge is 0.300 e. The van der Waals surface area contributed by atoms with Crippen LogP contribution in [-0.2, 0) is 4.79 Å². The molecule has 0 heterocycles. The molecule has 32 heavy (non-hydrogen) atoms. The number of hydrogen-bond donors (Lipinski definition) is 0. The summed E-state index contributed by atoms with van der Waals surface area (Å²) in [6.07, 6.45) is 4.80. The summed E-state index contributed by atoms with van der Waals surface area (Å²) in [5.41, 5.74) is 4.69. The van der Waals surface area contributed by atoms with Gasteiger partial charge >= 0.3 is 0 Å². The molecule has 3 nitrogen and oxygen atoms in total. The Morgan fingerprint density at radius 3 is 1.34 bits per heavy atom. The Hall–Kier alpha value is -1.53. The van der Waals surface area contributed by atoms with Crippen molar-refractivity contribution >= 4 is 49.0 Å². The molecule has 2 aromatic rings.